The summed E-state index contributed by atoms with van der Waals surface area (Å²) < 4.78 is 6.84. The summed E-state index contributed by atoms with van der Waals surface area (Å²) in [7, 11) is 1.92. The van der Waals surface area contributed by atoms with Gasteiger partial charge in [0, 0.05) is 35.4 Å². The predicted molar refractivity (Wildman–Crippen MR) is 154 cm³/mol. The molecule has 5 N–H and O–H groups in total. The summed E-state index contributed by atoms with van der Waals surface area (Å²) in [6.07, 6.45) is 3.11. The van der Waals surface area contributed by atoms with E-state index in [0.29, 0.717) is 23.6 Å². The second-order valence-electron chi connectivity index (χ2n) is 8.96. The lowest BCUT2D eigenvalue weighted by atomic mass is 10.1. The number of carbonyl (C=O) groups is 1. The number of thiophene rings is 1. The number of amides is 1. The van der Waals surface area contributed by atoms with Gasteiger partial charge in [0.2, 0.25) is 11.8 Å². The van der Waals surface area contributed by atoms with Crippen molar-refractivity contribution in [1.82, 2.24) is 25.3 Å². The van der Waals surface area contributed by atoms with Crippen LogP contribution in [-0.2, 0) is 17.9 Å². The van der Waals surface area contributed by atoms with E-state index in [2.05, 4.69) is 25.3 Å². The summed E-state index contributed by atoms with van der Waals surface area (Å²) in [5.74, 6) is -0.0454. The highest BCUT2D eigenvalue weighted by Crippen LogP contribution is 2.30. The van der Waals surface area contributed by atoms with E-state index in [1.165, 1.54) is 17.7 Å². The topological polar surface area (TPSA) is 166 Å². The van der Waals surface area contributed by atoms with Crippen LogP contribution in [0, 0.1) is 11.3 Å². The molecule has 0 fully saturated rings. The van der Waals surface area contributed by atoms with Crippen LogP contribution >= 0.6 is 11.3 Å². The van der Waals surface area contributed by atoms with Crippen molar-refractivity contribution in [3.05, 3.63) is 76.4 Å². The minimum atomic E-state index is -0.444. The van der Waals surface area contributed by atoms with E-state index in [4.69, 9.17) is 10.5 Å². The summed E-state index contributed by atoms with van der Waals surface area (Å²) in [4.78, 5) is 30.7. The molecule has 0 aliphatic carbocycles. The van der Waals surface area contributed by atoms with Crippen molar-refractivity contribution < 1.29 is 14.6 Å². The highest BCUT2D eigenvalue weighted by atomic mass is 32.1. The lowest BCUT2D eigenvalue weighted by Crippen LogP contribution is -2.23. The SMILES string of the molecule is CN(CCO)c1ccc2cc(/C=C(\C#N)C(=O)NCc3ccc(COc4nc(N)nc5nc[nH]c45)cc3)sc2c1. The van der Waals surface area contributed by atoms with Crippen LogP contribution in [0.4, 0.5) is 11.6 Å². The van der Waals surface area contributed by atoms with E-state index >= 15 is 0 Å². The smallest absolute Gasteiger partial charge is 0.262 e. The van der Waals surface area contributed by atoms with Crippen LogP contribution in [0.1, 0.15) is 16.0 Å². The van der Waals surface area contributed by atoms with E-state index in [1.54, 1.807) is 6.08 Å². The molecule has 2 aromatic carbocycles. The predicted octanol–water partition coefficient (Wildman–Crippen LogP) is 3.38. The highest BCUT2D eigenvalue weighted by molar-refractivity contribution is 7.19. The van der Waals surface area contributed by atoms with Crippen molar-refractivity contribution in [2.45, 2.75) is 13.2 Å². The molecule has 0 spiro atoms. The monoisotopic (exact) mass is 554 g/mol. The fraction of sp³-hybridized carbons (Fsp3) is 0.179. The number of aromatic amines is 1. The molecule has 0 unspecified atom stereocenters. The summed E-state index contributed by atoms with van der Waals surface area (Å²) in [6, 6.07) is 17.5. The molecule has 0 bridgehead atoms. The number of aromatic nitrogens is 4. The Morgan fingerprint density at radius 3 is 2.80 bits per heavy atom. The maximum Gasteiger partial charge on any atom is 0.262 e. The molecule has 3 heterocycles. The zero-order valence-electron chi connectivity index (χ0n) is 21.6. The molecule has 11 nitrogen and oxygen atoms in total. The number of benzene rings is 2. The van der Waals surface area contributed by atoms with Crippen LogP contribution in [0.3, 0.4) is 0 Å². The second kappa shape index (κ2) is 11.8. The minimum absolute atomic E-state index is 0.0310. The number of H-pyrrole nitrogens is 1. The third kappa shape index (κ3) is 6.01. The molecule has 5 aromatic rings. The highest BCUT2D eigenvalue weighted by Gasteiger charge is 2.12. The number of fused-ring (bicyclic) bond motifs is 2. The average molecular weight is 555 g/mol. The molecular weight excluding hydrogens is 528 g/mol. The van der Waals surface area contributed by atoms with E-state index in [1.807, 2.05) is 66.5 Å². The number of likely N-dealkylation sites (N-methyl/N-ethyl adjacent to an activating group) is 1. The molecule has 1 amide bonds. The first-order valence-corrected chi connectivity index (χ1v) is 13.2. The summed E-state index contributed by atoms with van der Waals surface area (Å²) in [6.45, 7) is 1.13. The third-order valence-electron chi connectivity index (χ3n) is 6.17. The van der Waals surface area contributed by atoms with E-state index in [9.17, 15) is 15.2 Å². The van der Waals surface area contributed by atoms with Gasteiger partial charge >= 0.3 is 0 Å². The lowest BCUT2D eigenvalue weighted by molar-refractivity contribution is -0.117. The van der Waals surface area contributed by atoms with Gasteiger partial charge in [-0.05, 0) is 40.8 Å². The summed E-state index contributed by atoms with van der Waals surface area (Å²) in [5, 5.41) is 22.6. The number of ether oxygens (including phenoxy) is 1. The Kier molecular flexibility index (Phi) is 7.86. The molecule has 12 heteroatoms. The molecule has 0 aliphatic rings. The van der Waals surface area contributed by atoms with Crippen molar-refractivity contribution in [2.24, 2.45) is 0 Å². The molecule has 40 heavy (non-hydrogen) atoms. The second-order valence-corrected chi connectivity index (χ2v) is 10.1. The fourth-order valence-electron chi connectivity index (χ4n) is 4.03. The number of carbonyl (C=O) groups excluding carboxylic acids is 1. The van der Waals surface area contributed by atoms with Crippen LogP contribution < -0.4 is 20.7 Å². The first-order valence-electron chi connectivity index (χ1n) is 12.4. The van der Waals surface area contributed by atoms with Gasteiger partial charge in [-0.3, -0.25) is 4.79 Å². The van der Waals surface area contributed by atoms with Crippen LogP contribution in [0.2, 0.25) is 0 Å². The zero-order valence-corrected chi connectivity index (χ0v) is 22.4. The van der Waals surface area contributed by atoms with Gasteiger partial charge in [-0.15, -0.1) is 11.3 Å². The lowest BCUT2D eigenvalue weighted by Gasteiger charge is -2.17. The fourth-order valence-corrected chi connectivity index (χ4v) is 5.07. The number of aliphatic hydroxyl groups is 1. The molecule has 0 saturated heterocycles. The number of hydrogen-bond acceptors (Lipinski definition) is 10. The van der Waals surface area contributed by atoms with Crippen LogP contribution in [0.15, 0.2) is 60.4 Å². The first-order chi connectivity index (χ1) is 19.4. The number of nitriles is 1. The van der Waals surface area contributed by atoms with Crippen LogP contribution in [-0.4, -0.2) is 51.1 Å². The summed E-state index contributed by atoms with van der Waals surface area (Å²) in [5.41, 5.74) is 9.52. The number of nitrogens with two attached hydrogens (primary N) is 1. The van der Waals surface area contributed by atoms with E-state index in [0.717, 1.165) is 31.8 Å². The average Bonchev–Trinajstić information content (AvgIpc) is 3.60. The molecule has 0 radical (unpaired) electrons. The molecule has 202 valence electrons. The standard InChI is InChI=1S/C28H26N8O3S/c1-36(8-9-37)21-7-6-19-10-22(40-23(19)12-21)11-20(13-29)26(38)31-14-17-2-4-18(5-3-17)15-39-27-24-25(33-16-32-24)34-28(30)35-27/h2-7,10-12,16,37H,8-9,14-15H2,1H3,(H,31,38)(H3,30,32,33,34,35)/b20-11+. The van der Waals surface area contributed by atoms with Crippen LogP contribution in [0.25, 0.3) is 27.3 Å². The maximum absolute atomic E-state index is 12.7. The van der Waals surface area contributed by atoms with Crippen molar-refractivity contribution in [2.75, 3.05) is 30.8 Å². The minimum Gasteiger partial charge on any atom is -0.471 e. The van der Waals surface area contributed by atoms with Crippen molar-refractivity contribution in [3.8, 4) is 11.9 Å². The Hall–Kier alpha value is -4.99. The molecule has 0 aliphatic heterocycles. The Balaban J connectivity index is 1.19. The number of nitrogens with one attached hydrogen (secondary N) is 2. The van der Waals surface area contributed by atoms with Crippen molar-refractivity contribution in [1.29, 1.82) is 5.26 Å². The summed E-state index contributed by atoms with van der Waals surface area (Å²) >= 11 is 1.50. The quantitative estimate of drug-likeness (QED) is 0.149. The number of nitrogen functional groups attached to an aromatic ring is 1. The number of anilines is 2. The zero-order chi connectivity index (χ0) is 28.1. The van der Waals surface area contributed by atoms with Crippen LogP contribution in [0.5, 0.6) is 5.88 Å². The number of rotatable bonds is 10. The van der Waals surface area contributed by atoms with Gasteiger partial charge < -0.3 is 30.8 Å². The number of nitrogens with zero attached hydrogens (tertiary/aromatic N) is 5. The molecule has 3 aromatic heterocycles. The third-order valence-corrected chi connectivity index (χ3v) is 7.22. The molecule has 0 saturated carbocycles. The van der Waals surface area contributed by atoms with Gasteiger partial charge in [-0.25, -0.2) is 4.98 Å². The Bertz CT molecular complexity index is 1740. The molecule has 0 atom stereocenters. The maximum atomic E-state index is 12.7. The van der Waals surface area contributed by atoms with Gasteiger partial charge in [-0.2, -0.15) is 15.2 Å². The van der Waals surface area contributed by atoms with E-state index < -0.39 is 5.91 Å². The van der Waals surface area contributed by atoms with Crippen molar-refractivity contribution in [3.63, 3.8) is 0 Å². The molecular formula is C28H26N8O3S. The number of hydrogen-bond donors (Lipinski definition) is 4. The van der Waals surface area contributed by atoms with Crippen molar-refractivity contribution >= 4 is 56.2 Å². The first kappa shape index (κ1) is 26.6. The largest absolute Gasteiger partial charge is 0.471 e. The Morgan fingerprint density at radius 2 is 2.02 bits per heavy atom. The Morgan fingerprint density at radius 1 is 1.23 bits per heavy atom. The van der Waals surface area contributed by atoms with Gasteiger partial charge in [0.05, 0.1) is 12.9 Å². The van der Waals surface area contributed by atoms with Gasteiger partial charge in [0.1, 0.15) is 23.8 Å². The van der Waals surface area contributed by atoms with E-state index in [-0.39, 0.29) is 31.3 Å². The number of aliphatic hydroxyl groups excluding tert-OH is 1. The normalized spacial score (nSPS) is 11.5. The molecule has 5 rings (SSSR count). The van der Waals surface area contributed by atoms with Gasteiger partial charge in [0.15, 0.2) is 5.65 Å². The number of imidazole rings is 1. The van der Waals surface area contributed by atoms with Gasteiger partial charge in [-0.1, -0.05) is 30.3 Å². The Labute approximate surface area is 233 Å². The van der Waals surface area contributed by atoms with Gasteiger partial charge in [0.25, 0.3) is 5.91 Å².